The lowest BCUT2D eigenvalue weighted by molar-refractivity contribution is -0.136. The largest absolute Gasteiger partial charge is 0.462 e. The number of halogens is 1. The lowest BCUT2D eigenvalue weighted by Gasteiger charge is -2.30. The average molecular weight is 947 g/mol. The van der Waals surface area contributed by atoms with E-state index in [4.69, 9.17) is 29.2 Å². The summed E-state index contributed by atoms with van der Waals surface area (Å²) in [6.45, 7) is 8.56. The van der Waals surface area contributed by atoms with E-state index in [2.05, 4.69) is 26.0 Å². The van der Waals surface area contributed by atoms with Crippen LogP contribution in [-0.4, -0.2) is 103 Å². The predicted molar refractivity (Wildman–Crippen MR) is 251 cm³/mol. The van der Waals surface area contributed by atoms with E-state index in [9.17, 15) is 19.2 Å². The van der Waals surface area contributed by atoms with Gasteiger partial charge in [0.05, 0.1) is 72.6 Å². The number of likely N-dealkylation sites (tertiary alicyclic amines) is 2. The van der Waals surface area contributed by atoms with Crippen LogP contribution in [0.2, 0.25) is 0 Å². The molecule has 356 valence electrons. The Labute approximate surface area is 396 Å². The van der Waals surface area contributed by atoms with E-state index in [0.29, 0.717) is 65.3 Å². The van der Waals surface area contributed by atoms with E-state index in [1.807, 2.05) is 62.6 Å². The Morgan fingerprint density at radius 2 is 1.38 bits per heavy atom. The molecule has 0 bridgehead atoms. The lowest BCUT2D eigenvalue weighted by Crippen LogP contribution is -2.51. The van der Waals surface area contributed by atoms with E-state index in [-0.39, 0.29) is 35.7 Å². The number of H-pyrrole nitrogens is 2. The average Bonchev–Trinajstić information content (AvgIpc) is 4.05. The Kier molecular flexibility index (Phi) is 12.0. The predicted octanol–water partition coefficient (Wildman–Crippen LogP) is 8.59. The number of hydrogen-bond acceptors (Lipinski definition) is 11. The van der Waals surface area contributed by atoms with Gasteiger partial charge in [-0.15, -0.1) is 11.3 Å². The van der Waals surface area contributed by atoms with E-state index in [0.717, 1.165) is 65.0 Å². The smallest absolute Gasteiger partial charge is 0.407 e. The second-order valence-electron chi connectivity index (χ2n) is 18.8. The number of amides is 4. The van der Waals surface area contributed by atoms with Crippen LogP contribution < -0.4 is 15.4 Å². The van der Waals surface area contributed by atoms with Crippen LogP contribution in [0.4, 0.5) is 14.0 Å². The molecular weight excluding hydrogens is 892 g/mol. The Balaban J connectivity index is 0.963. The number of methoxy groups -OCH3 is 2. The van der Waals surface area contributed by atoms with Crippen LogP contribution in [0, 0.1) is 17.7 Å². The molecule has 2 saturated heterocycles. The van der Waals surface area contributed by atoms with Crippen molar-refractivity contribution in [2.24, 2.45) is 11.8 Å². The Morgan fingerprint density at radius 3 is 1.94 bits per heavy atom. The molecule has 7 heterocycles. The number of imidazole rings is 2. The number of aromatic nitrogens is 6. The van der Waals surface area contributed by atoms with Crippen molar-refractivity contribution in [3.63, 3.8) is 0 Å². The SMILES string of the molecule is COC(=O)N[C@H](C(=O)N1CCC[C@H]1c1ncc(-c2cc(F)c3c(c2)OC(c2nc(C4CC4)cs2)n2c-3cc3cc(-c4cnc([C@@H]5CCCN5C(=O)[C@@H](NC(=O)OC)C(C)C)[nH]4)ccc32)[nH]1)C(C)C. The second kappa shape index (κ2) is 18.0. The van der Waals surface area contributed by atoms with Gasteiger partial charge in [0.2, 0.25) is 18.0 Å². The van der Waals surface area contributed by atoms with Crippen LogP contribution >= 0.6 is 11.3 Å². The van der Waals surface area contributed by atoms with Crippen molar-refractivity contribution in [3.8, 4) is 39.5 Å². The zero-order valence-electron chi connectivity index (χ0n) is 38.8. The molecule has 0 radical (unpaired) electrons. The molecule has 3 aliphatic heterocycles. The fourth-order valence-corrected chi connectivity index (χ4v) is 10.8. The van der Waals surface area contributed by atoms with E-state index >= 15 is 4.39 Å². The standard InChI is InChI=1S/C49H55FN10O7S/c1-24(2)40(56-48(63)65-5)45(61)58-15-7-9-35(58)42-51-21-31(53-42)27-13-14-34-29(17-27)19-37-39-30(50)18-28(20-38(39)67-47(60(34)37)44-55-33(23-68-44)26-11-12-26)32-22-52-43(54-32)36-10-8-16-59(36)46(62)41(25(3)4)57-49(64)66-6/h13-14,17-26,35-36,40-41,47H,7-12,15-16H2,1-6H3,(H,51,53)(H,52,54)(H,56,63)(H,57,64)/t35-,36-,40-,41-,47?/m0/s1. The molecule has 19 heteroatoms. The third kappa shape index (κ3) is 8.23. The van der Waals surface area contributed by atoms with Crippen molar-refractivity contribution < 1.29 is 37.8 Å². The molecular formula is C49H55FN10O7S. The number of ether oxygens (including phenoxy) is 3. The summed E-state index contributed by atoms with van der Waals surface area (Å²) in [7, 11) is 2.55. The van der Waals surface area contributed by atoms with Crippen molar-refractivity contribution in [2.45, 2.75) is 103 Å². The van der Waals surface area contributed by atoms with Gasteiger partial charge >= 0.3 is 12.2 Å². The maximum atomic E-state index is 16.9. The highest BCUT2D eigenvalue weighted by molar-refractivity contribution is 7.09. The minimum Gasteiger partial charge on any atom is -0.462 e. The van der Waals surface area contributed by atoms with Gasteiger partial charge in [-0.1, -0.05) is 33.8 Å². The maximum Gasteiger partial charge on any atom is 0.407 e. The van der Waals surface area contributed by atoms with Crippen molar-refractivity contribution in [2.75, 3.05) is 27.3 Å². The van der Waals surface area contributed by atoms with Gasteiger partial charge in [0.15, 0.2) is 5.01 Å². The monoisotopic (exact) mass is 946 g/mol. The Morgan fingerprint density at radius 1 is 0.794 bits per heavy atom. The third-order valence-corrected chi connectivity index (χ3v) is 14.6. The van der Waals surface area contributed by atoms with Crippen molar-refractivity contribution in [3.05, 3.63) is 82.3 Å². The van der Waals surface area contributed by atoms with Crippen LogP contribution in [0.25, 0.3) is 44.7 Å². The van der Waals surface area contributed by atoms with Crippen LogP contribution in [0.5, 0.6) is 5.75 Å². The molecule has 1 aliphatic carbocycles. The number of aromatic amines is 2. The van der Waals surface area contributed by atoms with Gasteiger partial charge in [-0.3, -0.25) is 14.2 Å². The zero-order chi connectivity index (χ0) is 47.5. The van der Waals surface area contributed by atoms with Crippen molar-refractivity contribution in [1.29, 1.82) is 0 Å². The molecule has 1 saturated carbocycles. The van der Waals surface area contributed by atoms with Gasteiger partial charge < -0.3 is 44.6 Å². The zero-order valence-corrected chi connectivity index (χ0v) is 39.6. The van der Waals surface area contributed by atoms with Crippen molar-refractivity contribution >= 4 is 46.2 Å². The van der Waals surface area contributed by atoms with E-state index < -0.39 is 36.3 Å². The molecule has 10 rings (SSSR count). The molecule has 5 atom stereocenters. The molecule has 4 amide bonds. The van der Waals surface area contributed by atoms with Gasteiger partial charge in [-0.05, 0) is 80.7 Å². The number of rotatable bonds is 12. The molecule has 3 fully saturated rings. The Hall–Kier alpha value is -6.76. The first kappa shape index (κ1) is 45.0. The molecule has 17 nitrogen and oxygen atoms in total. The summed E-state index contributed by atoms with van der Waals surface area (Å²) in [5.41, 5.74) is 5.57. The van der Waals surface area contributed by atoms with Crippen LogP contribution in [0.1, 0.15) is 113 Å². The molecule has 4 N–H and O–H groups in total. The van der Waals surface area contributed by atoms with Crippen LogP contribution in [-0.2, 0) is 19.1 Å². The molecule has 68 heavy (non-hydrogen) atoms. The number of benzene rings is 2. The van der Waals surface area contributed by atoms with Gasteiger partial charge in [-0.25, -0.2) is 28.9 Å². The van der Waals surface area contributed by atoms with Gasteiger partial charge in [0.25, 0.3) is 0 Å². The van der Waals surface area contributed by atoms with E-state index in [1.165, 1.54) is 31.6 Å². The molecule has 0 spiro atoms. The Bertz CT molecular complexity index is 2920. The summed E-state index contributed by atoms with van der Waals surface area (Å²) in [4.78, 5) is 76.8. The number of carbonyl (C=O) groups excluding carboxylic acids is 4. The minimum absolute atomic E-state index is 0.153. The summed E-state index contributed by atoms with van der Waals surface area (Å²) >= 11 is 1.53. The first-order valence-electron chi connectivity index (χ1n) is 23.3. The summed E-state index contributed by atoms with van der Waals surface area (Å²) in [6, 6.07) is 9.17. The summed E-state index contributed by atoms with van der Waals surface area (Å²) < 4.78 is 35.3. The molecule has 6 aromatic rings. The number of fused-ring (bicyclic) bond motifs is 5. The summed E-state index contributed by atoms with van der Waals surface area (Å²) in [5, 5.41) is 9.11. The first-order chi connectivity index (χ1) is 32.8. The fourth-order valence-electron chi connectivity index (χ4n) is 9.93. The van der Waals surface area contributed by atoms with Crippen molar-refractivity contribution in [1.82, 2.24) is 49.9 Å². The maximum absolute atomic E-state index is 16.9. The second-order valence-corrected chi connectivity index (χ2v) is 19.7. The quantitative estimate of drug-likeness (QED) is 0.0921. The first-order valence-corrected chi connectivity index (χ1v) is 24.2. The highest BCUT2D eigenvalue weighted by Crippen LogP contribution is 2.49. The minimum atomic E-state index is -0.773. The molecule has 1 unspecified atom stereocenters. The highest BCUT2D eigenvalue weighted by atomic mass is 32.1. The fraction of sp³-hybridized carbons (Fsp3) is 0.449. The normalized spacial score (nSPS) is 19.8. The molecule has 2 aromatic carbocycles. The van der Waals surface area contributed by atoms with Gasteiger partial charge in [0, 0.05) is 40.9 Å². The molecule has 4 aliphatic rings. The topological polar surface area (TPSA) is 202 Å². The van der Waals surface area contributed by atoms with Crippen LogP contribution in [0.15, 0.2) is 54.2 Å². The number of thiazole rings is 1. The number of carbonyl (C=O) groups is 4. The lowest BCUT2D eigenvalue weighted by atomic mass is 10.0. The van der Waals surface area contributed by atoms with Crippen LogP contribution in [0.3, 0.4) is 0 Å². The summed E-state index contributed by atoms with van der Waals surface area (Å²) in [6.07, 6.45) is 6.57. The number of nitrogens with one attached hydrogen (secondary N) is 4. The number of hydrogen-bond donors (Lipinski definition) is 4. The van der Waals surface area contributed by atoms with Gasteiger partial charge in [0.1, 0.15) is 35.3 Å². The van der Waals surface area contributed by atoms with Gasteiger partial charge in [-0.2, -0.15) is 0 Å². The molecule has 4 aromatic heterocycles. The summed E-state index contributed by atoms with van der Waals surface area (Å²) in [5.74, 6) is 0.820. The highest BCUT2D eigenvalue weighted by Gasteiger charge is 2.40. The number of nitrogens with zero attached hydrogens (tertiary/aromatic N) is 6. The van der Waals surface area contributed by atoms with E-state index in [1.54, 1.807) is 22.2 Å². The third-order valence-electron chi connectivity index (χ3n) is 13.7. The number of alkyl carbamates (subject to hydrolysis) is 2.